The summed E-state index contributed by atoms with van der Waals surface area (Å²) in [6.45, 7) is 1.04. The molecule has 3 rings (SSSR count). The van der Waals surface area contributed by atoms with Gasteiger partial charge in [-0.05, 0) is 49.4 Å². The molecule has 4 heteroatoms. The Balaban J connectivity index is 1.85. The second-order valence-electron chi connectivity index (χ2n) is 5.85. The van der Waals surface area contributed by atoms with Crippen LogP contribution in [0.15, 0.2) is 22.7 Å². The molecule has 108 valence electrons. The molecule has 3 nitrogen and oxygen atoms in total. The zero-order chi connectivity index (χ0) is 14.1. The Morgan fingerprint density at radius 3 is 3.00 bits per heavy atom. The minimum absolute atomic E-state index is 0.205. The van der Waals surface area contributed by atoms with Gasteiger partial charge < -0.3 is 5.11 Å². The van der Waals surface area contributed by atoms with Gasteiger partial charge in [-0.3, -0.25) is 9.69 Å². The molecule has 2 unspecified atom stereocenters. The lowest BCUT2D eigenvalue weighted by Crippen LogP contribution is -2.42. The van der Waals surface area contributed by atoms with Gasteiger partial charge >= 0.3 is 5.97 Å². The van der Waals surface area contributed by atoms with Crippen molar-refractivity contribution in [2.45, 2.75) is 50.6 Å². The van der Waals surface area contributed by atoms with Crippen molar-refractivity contribution in [3.63, 3.8) is 0 Å². The summed E-state index contributed by atoms with van der Waals surface area (Å²) in [5.74, 6) is -0.672. The molecule has 1 N–H and O–H groups in total. The molecule has 1 aromatic rings. The van der Waals surface area contributed by atoms with Crippen molar-refractivity contribution in [1.82, 2.24) is 4.90 Å². The molecular weight excluding hydrogens is 318 g/mol. The highest BCUT2D eigenvalue weighted by molar-refractivity contribution is 9.10. The minimum Gasteiger partial charge on any atom is -0.481 e. The summed E-state index contributed by atoms with van der Waals surface area (Å²) < 4.78 is 1.20. The number of carboxylic acids is 1. The van der Waals surface area contributed by atoms with Crippen molar-refractivity contribution >= 4 is 21.9 Å². The second-order valence-corrected chi connectivity index (χ2v) is 6.70. The first-order valence-electron chi connectivity index (χ1n) is 7.41. The standard InChI is InChI=1S/C16H20BrNO2/c17-14-6-3-5-13-12(14)7-8-15(13)18-9-2-1-4-11(18)10-16(19)20/h3,5-6,11,15H,1-2,4,7-10H2,(H,19,20). The van der Waals surface area contributed by atoms with E-state index in [4.69, 9.17) is 5.11 Å². The van der Waals surface area contributed by atoms with Crippen LogP contribution in [0.3, 0.4) is 0 Å². The fourth-order valence-corrected chi connectivity index (χ4v) is 4.37. The van der Waals surface area contributed by atoms with E-state index in [2.05, 4.69) is 39.0 Å². The Morgan fingerprint density at radius 1 is 1.35 bits per heavy atom. The van der Waals surface area contributed by atoms with Gasteiger partial charge in [0.15, 0.2) is 0 Å². The van der Waals surface area contributed by atoms with Gasteiger partial charge in [0.05, 0.1) is 6.42 Å². The summed E-state index contributed by atoms with van der Waals surface area (Å²) in [6.07, 6.45) is 5.86. The lowest BCUT2D eigenvalue weighted by atomic mass is 9.95. The summed E-state index contributed by atoms with van der Waals surface area (Å²) in [5, 5.41) is 9.13. The second kappa shape index (κ2) is 5.86. The number of halogens is 1. The molecular formula is C16H20BrNO2. The molecule has 1 aliphatic carbocycles. The molecule has 1 aliphatic heterocycles. The summed E-state index contributed by atoms with van der Waals surface area (Å²) in [5.41, 5.74) is 2.81. The predicted molar refractivity (Wildman–Crippen MR) is 81.8 cm³/mol. The van der Waals surface area contributed by atoms with Crippen molar-refractivity contribution in [3.05, 3.63) is 33.8 Å². The number of nitrogens with zero attached hydrogens (tertiary/aromatic N) is 1. The molecule has 0 amide bonds. The fourth-order valence-electron chi connectivity index (χ4n) is 3.79. The van der Waals surface area contributed by atoms with Crippen LogP contribution in [0, 0.1) is 0 Å². The van der Waals surface area contributed by atoms with Gasteiger partial charge in [0.25, 0.3) is 0 Å². The van der Waals surface area contributed by atoms with Crippen molar-refractivity contribution in [2.75, 3.05) is 6.54 Å². The average molecular weight is 338 g/mol. The molecule has 1 aromatic carbocycles. The van der Waals surface area contributed by atoms with Crippen molar-refractivity contribution in [3.8, 4) is 0 Å². The van der Waals surface area contributed by atoms with E-state index < -0.39 is 5.97 Å². The summed E-state index contributed by atoms with van der Waals surface area (Å²) >= 11 is 3.64. The van der Waals surface area contributed by atoms with Crippen LogP contribution in [0.1, 0.15) is 49.3 Å². The zero-order valence-corrected chi connectivity index (χ0v) is 13.1. The number of benzene rings is 1. The van der Waals surface area contributed by atoms with Crippen LogP contribution >= 0.6 is 15.9 Å². The first-order chi connectivity index (χ1) is 9.66. The zero-order valence-electron chi connectivity index (χ0n) is 11.5. The molecule has 2 aliphatic rings. The molecule has 0 aromatic heterocycles. The van der Waals surface area contributed by atoms with E-state index in [1.807, 2.05) is 0 Å². The SMILES string of the molecule is O=C(O)CC1CCCCN1C1CCc2c(Br)cccc21. The first-order valence-corrected chi connectivity index (χ1v) is 8.21. The average Bonchev–Trinajstić information content (AvgIpc) is 2.84. The third-order valence-electron chi connectivity index (χ3n) is 4.67. The minimum atomic E-state index is -0.672. The number of hydrogen-bond acceptors (Lipinski definition) is 2. The quantitative estimate of drug-likeness (QED) is 0.912. The highest BCUT2D eigenvalue weighted by atomic mass is 79.9. The highest BCUT2D eigenvalue weighted by Crippen LogP contribution is 2.41. The van der Waals surface area contributed by atoms with Crippen LogP contribution < -0.4 is 0 Å². The molecule has 1 fully saturated rings. The van der Waals surface area contributed by atoms with Crippen LogP contribution in [0.25, 0.3) is 0 Å². The maximum atomic E-state index is 11.1. The molecule has 0 bridgehead atoms. The van der Waals surface area contributed by atoms with Gasteiger partial charge in [-0.15, -0.1) is 0 Å². The van der Waals surface area contributed by atoms with Gasteiger partial charge in [0.2, 0.25) is 0 Å². The van der Waals surface area contributed by atoms with E-state index >= 15 is 0 Å². The number of rotatable bonds is 3. The van der Waals surface area contributed by atoms with Crippen LogP contribution in [-0.4, -0.2) is 28.6 Å². The lowest BCUT2D eigenvalue weighted by molar-refractivity contribution is -0.139. The highest BCUT2D eigenvalue weighted by Gasteiger charge is 2.35. The Bertz CT molecular complexity index is 517. The number of carbonyl (C=O) groups is 1. The van der Waals surface area contributed by atoms with E-state index in [9.17, 15) is 4.79 Å². The van der Waals surface area contributed by atoms with E-state index in [-0.39, 0.29) is 12.5 Å². The van der Waals surface area contributed by atoms with Gasteiger partial charge in [-0.25, -0.2) is 0 Å². The van der Waals surface area contributed by atoms with E-state index in [0.29, 0.717) is 6.04 Å². The summed E-state index contributed by atoms with van der Waals surface area (Å²) in [6, 6.07) is 7.02. The van der Waals surface area contributed by atoms with Gasteiger partial charge in [0, 0.05) is 16.6 Å². The Morgan fingerprint density at radius 2 is 2.20 bits per heavy atom. The fraction of sp³-hybridized carbons (Fsp3) is 0.562. The molecule has 0 radical (unpaired) electrons. The molecule has 20 heavy (non-hydrogen) atoms. The van der Waals surface area contributed by atoms with Crippen LogP contribution in [0.5, 0.6) is 0 Å². The lowest BCUT2D eigenvalue weighted by Gasteiger charge is -2.39. The molecule has 2 atom stereocenters. The van der Waals surface area contributed by atoms with Crippen LogP contribution in [0.4, 0.5) is 0 Å². The molecule has 0 saturated carbocycles. The Labute approximate surface area is 128 Å². The molecule has 0 spiro atoms. The third kappa shape index (κ3) is 2.63. The number of carboxylic acid groups (broad SMARTS) is 1. The monoisotopic (exact) mass is 337 g/mol. The number of fused-ring (bicyclic) bond motifs is 1. The maximum absolute atomic E-state index is 11.1. The number of hydrogen-bond donors (Lipinski definition) is 1. The predicted octanol–water partition coefficient (Wildman–Crippen LogP) is 3.77. The summed E-state index contributed by atoms with van der Waals surface area (Å²) in [4.78, 5) is 13.5. The van der Waals surface area contributed by atoms with Crippen molar-refractivity contribution in [1.29, 1.82) is 0 Å². The number of piperidine rings is 1. The van der Waals surface area contributed by atoms with Gasteiger partial charge in [-0.2, -0.15) is 0 Å². The Hall–Kier alpha value is -0.870. The molecule has 1 saturated heterocycles. The van der Waals surface area contributed by atoms with E-state index in [0.717, 1.165) is 32.2 Å². The van der Waals surface area contributed by atoms with Crippen molar-refractivity contribution in [2.24, 2.45) is 0 Å². The normalized spacial score (nSPS) is 26.4. The van der Waals surface area contributed by atoms with E-state index in [1.54, 1.807) is 0 Å². The largest absolute Gasteiger partial charge is 0.481 e. The summed E-state index contributed by atoms with van der Waals surface area (Å²) in [7, 11) is 0. The number of aliphatic carboxylic acids is 1. The smallest absolute Gasteiger partial charge is 0.304 e. The van der Waals surface area contributed by atoms with Crippen LogP contribution in [0.2, 0.25) is 0 Å². The molecule has 1 heterocycles. The van der Waals surface area contributed by atoms with E-state index in [1.165, 1.54) is 22.0 Å². The van der Waals surface area contributed by atoms with Gasteiger partial charge in [-0.1, -0.05) is 34.5 Å². The van der Waals surface area contributed by atoms with Crippen LogP contribution in [-0.2, 0) is 11.2 Å². The first kappa shape index (κ1) is 14.1. The van der Waals surface area contributed by atoms with Crippen molar-refractivity contribution < 1.29 is 9.90 Å². The maximum Gasteiger partial charge on any atom is 0.304 e. The third-order valence-corrected chi connectivity index (χ3v) is 5.41. The number of likely N-dealkylation sites (tertiary alicyclic amines) is 1. The Kier molecular flexibility index (Phi) is 4.13. The van der Waals surface area contributed by atoms with Gasteiger partial charge in [0.1, 0.15) is 0 Å². The topological polar surface area (TPSA) is 40.5 Å².